The van der Waals surface area contributed by atoms with E-state index in [9.17, 15) is 4.79 Å². The summed E-state index contributed by atoms with van der Waals surface area (Å²) in [6.45, 7) is 0. The zero-order valence-corrected chi connectivity index (χ0v) is 10.7. The van der Waals surface area contributed by atoms with Gasteiger partial charge in [-0.15, -0.1) is 23.4 Å². The van der Waals surface area contributed by atoms with Crippen LogP contribution in [0.1, 0.15) is 15.9 Å². The Morgan fingerprint density at radius 3 is 2.12 bits per heavy atom. The number of carbonyl (C=O) groups excluding carboxylic acids is 1. The van der Waals surface area contributed by atoms with Crippen LogP contribution in [0.5, 0.6) is 0 Å². The van der Waals surface area contributed by atoms with Gasteiger partial charge in [0.2, 0.25) is 0 Å². The van der Waals surface area contributed by atoms with E-state index in [0.717, 1.165) is 4.90 Å². The monoisotopic (exact) mass is 262 g/mol. The molecule has 17 heavy (non-hydrogen) atoms. The fraction of sp³-hybridized carbons (Fsp3) is 0.0714. The Kier molecular flexibility index (Phi) is 4.24. The fourth-order valence-electron chi connectivity index (χ4n) is 1.52. The van der Waals surface area contributed by atoms with E-state index >= 15 is 0 Å². The lowest BCUT2D eigenvalue weighted by molar-refractivity contribution is 0.103. The van der Waals surface area contributed by atoms with Crippen molar-refractivity contribution in [1.29, 1.82) is 0 Å². The van der Waals surface area contributed by atoms with Crippen LogP contribution in [-0.2, 0) is 0 Å². The van der Waals surface area contributed by atoms with Crippen molar-refractivity contribution in [2.75, 3.05) is 5.21 Å². The van der Waals surface area contributed by atoms with Crippen LogP contribution in [0.25, 0.3) is 0 Å². The smallest absolute Gasteiger partial charge is 0.193 e. The molecule has 2 aromatic carbocycles. The van der Waals surface area contributed by atoms with Gasteiger partial charge in [-0.25, -0.2) is 0 Å². The van der Waals surface area contributed by atoms with Crippen LogP contribution in [0.4, 0.5) is 0 Å². The Morgan fingerprint density at radius 1 is 0.941 bits per heavy atom. The minimum Gasteiger partial charge on any atom is -0.289 e. The lowest BCUT2D eigenvalue weighted by Gasteiger charge is -2.02. The maximum Gasteiger partial charge on any atom is 0.193 e. The largest absolute Gasteiger partial charge is 0.289 e. The van der Waals surface area contributed by atoms with Crippen LogP contribution in [-0.4, -0.2) is 11.0 Å². The van der Waals surface area contributed by atoms with Crippen molar-refractivity contribution in [2.24, 2.45) is 0 Å². The van der Waals surface area contributed by atoms with Crippen molar-refractivity contribution in [3.8, 4) is 0 Å². The zero-order chi connectivity index (χ0) is 12.1. The van der Waals surface area contributed by atoms with E-state index in [1.165, 1.54) is 0 Å². The molecule has 0 bridgehead atoms. The molecule has 0 unspecified atom stereocenters. The average Bonchev–Trinajstić information content (AvgIpc) is 2.40. The van der Waals surface area contributed by atoms with Gasteiger partial charge in [0, 0.05) is 16.0 Å². The maximum absolute atomic E-state index is 12.1. The van der Waals surface area contributed by atoms with Gasteiger partial charge in [-0.05, 0) is 24.3 Å². The molecule has 2 aromatic rings. The van der Waals surface area contributed by atoms with Crippen molar-refractivity contribution in [3.05, 3.63) is 65.7 Å². The van der Waals surface area contributed by atoms with Gasteiger partial charge in [0.15, 0.2) is 5.78 Å². The van der Waals surface area contributed by atoms with Crippen molar-refractivity contribution < 1.29 is 4.79 Å². The highest BCUT2D eigenvalue weighted by atomic mass is 35.5. The summed E-state index contributed by atoms with van der Waals surface area (Å²) < 4.78 is 0. The Balaban J connectivity index is 2.20. The van der Waals surface area contributed by atoms with Crippen molar-refractivity contribution in [1.82, 2.24) is 0 Å². The van der Waals surface area contributed by atoms with Crippen LogP contribution in [0.15, 0.2) is 59.5 Å². The van der Waals surface area contributed by atoms with Crippen LogP contribution in [0.2, 0.25) is 0 Å². The molecule has 0 aliphatic carbocycles. The Morgan fingerprint density at radius 2 is 1.53 bits per heavy atom. The number of alkyl halides is 1. The molecular weight excluding hydrogens is 252 g/mol. The van der Waals surface area contributed by atoms with Crippen LogP contribution in [0, 0.1) is 0 Å². The second kappa shape index (κ2) is 5.89. The van der Waals surface area contributed by atoms with E-state index in [-0.39, 0.29) is 5.78 Å². The van der Waals surface area contributed by atoms with E-state index in [2.05, 4.69) is 0 Å². The average molecular weight is 263 g/mol. The third-order valence-corrected chi connectivity index (χ3v) is 3.42. The molecule has 3 heteroatoms. The summed E-state index contributed by atoms with van der Waals surface area (Å²) in [6.07, 6.45) is 0. The van der Waals surface area contributed by atoms with E-state index in [0.29, 0.717) is 16.3 Å². The molecule has 2 rings (SSSR count). The number of ketones is 1. The highest BCUT2D eigenvalue weighted by Crippen LogP contribution is 2.20. The third kappa shape index (κ3) is 3.11. The highest BCUT2D eigenvalue weighted by Gasteiger charge is 2.07. The van der Waals surface area contributed by atoms with Gasteiger partial charge in [-0.2, -0.15) is 0 Å². The molecule has 0 heterocycles. The number of thioether (sulfide) groups is 1. The van der Waals surface area contributed by atoms with Gasteiger partial charge in [0.1, 0.15) is 0 Å². The quantitative estimate of drug-likeness (QED) is 0.467. The lowest BCUT2D eigenvalue weighted by atomic mass is 10.0. The second-order valence-corrected chi connectivity index (χ2v) is 5.11. The van der Waals surface area contributed by atoms with Gasteiger partial charge >= 0.3 is 0 Å². The molecule has 0 aliphatic rings. The SMILES string of the molecule is O=C(c1ccccc1)c1ccc(SCCl)cc1. The van der Waals surface area contributed by atoms with E-state index in [1.54, 1.807) is 11.8 Å². The third-order valence-electron chi connectivity index (χ3n) is 2.37. The summed E-state index contributed by atoms with van der Waals surface area (Å²) in [7, 11) is 0. The number of hydrogen-bond donors (Lipinski definition) is 0. The molecule has 0 saturated carbocycles. The molecule has 0 atom stereocenters. The number of halogens is 1. The van der Waals surface area contributed by atoms with Gasteiger partial charge in [-0.1, -0.05) is 30.3 Å². The predicted molar refractivity (Wildman–Crippen MR) is 72.9 cm³/mol. The molecule has 86 valence electrons. The molecule has 0 N–H and O–H groups in total. The van der Waals surface area contributed by atoms with E-state index in [4.69, 9.17) is 11.6 Å². The Labute approximate surface area is 110 Å². The minimum absolute atomic E-state index is 0.0491. The standard InChI is InChI=1S/C14H11ClOS/c15-10-17-13-8-6-12(7-9-13)14(16)11-4-2-1-3-5-11/h1-9H,10H2. The van der Waals surface area contributed by atoms with Gasteiger partial charge in [0.05, 0.1) is 5.21 Å². The van der Waals surface area contributed by atoms with Crippen LogP contribution >= 0.6 is 23.4 Å². The fourth-order valence-corrected chi connectivity index (χ4v) is 2.35. The Hall–Kier alpha value is -1.25. The zero-order valence-electron chi connectivity index (χ0n) is 9.10. The summed E-state index contributed by atoms with van der Waals surface area (Å²) in [5.74, 6) is 0.0491. The first-order valence-corrected chi connectivity index (χ1v) is 6.72. The normalized spacial score (nSPS) is 10.2. The Bertz CT molecular complexity index is 493. The summed E-state index contributed by atoms with van der Waals surface area (Å²) in [5, 5.41) is 0.520. The molecule has 0 fully saturated rings. The molecule has 0 aliphatic heterocycles. The molecule has 0 saturated heterocycles. The van der Waals surface area contributed by atoms with E-state index in [1.807, 2.05) is 54.6 Å². The molecule has 0 radical (unpaired) electrons. The van der Waals surface area contributed by atoms with Crippen LogP contribution in [0.3, 0.4) is 0 Å². The molecule has 0 aromatic heterocycles. The molecule has 1 nitrogen and oxygen atoms in total. The number of benzene rings is 2. The van der Waals surface area contributed by atoms with Gasteiger partial charge < -0.3 is 0 Å². The van der Waals surface area contributed by atoms with Gasteiger partial charge in [0.25, 0.3) is 0 Å². The van der Waals surface area contributed by atoms with E-state index < -0.39 is 0 Å². The summed E-state index contributed by atoms with van der Waals surface area (Å²) in [6, 6.07) is 16.8. The summed E-state index contributed by atoms with van der Waals surface area (Å²) in [4.78, 5) is 13.2. The van der Waals surface area contributed by atoms with Crippen molar-refractivity contribution >= 4 is 29.1 Å². The first-order valence-electron chi connectivity index (χ1n) is 5.20. The lowest BCUT2D eigenvalue weighted by Crippen LogP contribution is -2.00. The second-order valence-electron chi connectivity index (χ2n) is 3.47. The van der Waals surface area contributed by atoms with Crippen molar-refractivity contribution in [3.63, 3.8) is 0 Å². The van der Waals surface area contributed by atoms with Gasteiger partial charge in [-0.3, -0.25) is 4.79 Å². The number of carbonyl (C=O) groups is 1. The summed E-state index contributed by atoms with van der Waals surface area (Å²) in [5.41, 5.74) is 1.42. The highest BCUT2D eigenvalue weighted by molar-refractivity contribution is 8.00. The molecule has 0 amide bonds. The first-order chi connectivity index (χ1) is 8.31. The molecular formula is C14H11ClOS. The first kappa shape index (κ1) is 12.2. The predicted octanol–water partition coefficient (Wildman–Crippen LogP) is 4.21. The van der Waals surface area contributed by atoms with Crippen molar-refractivity contribution in [2.45, 2.75) is 4.90 Å². The number of hydrogen-bond acceptors (Lipinski definition) is 2. The maximum atomic E-state index is 12.1. The topological polar surface area (TPSA) is 17.1 Å². The van der Waals surface area contributed by atoms with Crippen LogP contribution < -0.4 is 0 Å². The minimum atomic E-state index is 0.0491. The molecule has 0 spiro atoms. The number of rotatable bonds is 4. The summed E-state index contributed by atoms with van der Waals surface area (Å²) >= 11 is 7.18.